The molecule has 0 spiro atoms. The van der Waals surface area contributed by atoms with Gasteiger partial charge in [0.1, 0.15) is 11.9 Å². The van der Waals surface area contributed by atoms with Gasteiger partial charge < -0.3 is 19.8 Å². The molecule has 2 aromatic carbocycles. The molecule has 0 heterocycles. The standard InChI is InChI=1S/C28H29NO6/c1-16(2)11-12-23(35-24(32)13-17(3)4)19-14-21(30)26-25(27(19)33)22(31)15-20(28(26)34)29(5)18-9-7-6-8-10-18/h6-11,13-15,23,31,34H,12H2,1-5H3. The minimum Gasteiger partial charge on any atom is -0.507 e. The molecular formula is C28H29NO6. The molecule has 0 fully saturated rings. The maximum atomic E-state index is 13.4. The highest BCUT2D eigenvalue weighted by Crippen LogP contribution is 2.44. The third-order valence-corrected chi connectivity index (χ3v) is 5.54. The zero-order valence-electron chi connectivity index (χ0n) is 20.5. The van der Waals surface area contributed by atoms with Crippen molar-refractivity contribution in [3.8, 4) is 11.5 Å². The number of hydrogen-bond donors (Lipinski definition) is 2. The van der Waals surface area contributed by atoms with E-state index in [1.165, 1.54) is 12.1 Å². The van der Waals surface area contributed by atoms with Crippen LogP contribution in [-0.4, -0.2) is 40.9 Å². The second-order valence-electron chi connectivity index (χ2n) is 8.87. The fourth-order valence-electron chi connectivity index (χ4n) is 3.81. The van der Waals surface area contributed by atoms with E-state index >= 15 is 0 Å². The van der Waals surface area contributed by atoms with Crippen molar-refractivity contribution in [3.63, 3.8) is 0 Å². The number of rotatable bonds is 7. The molecule has 1 aliphatic carbocycles. The lowest BCUT2D eigenvalue weighted by Crippen LogP contribution is -2.29. The maximum Gasteiger partial charge on any atom is 0.331 e. The van der Waals surface area contributed by atoms with Gasteiger partial charge in [-0.15, -0.1) is 0 Å². The summed E-state index contributed by atoms with van der Waals surface area (Å²) in [6.07, 6.45) is 3.31. The molecule has 7 nitrogen and oxygen atoms in total. The third-order valence-electron chi connectivity index (χ3n) is 5.54. The molecule has 182 valence electrons. The summed E-state index contributed by atoms with van der Waals surface area (Å²) in [5.41, 5.74) is 1.89. The lowest BCUT2D eigenvalue weighted by Gasteiger charge is -2.26. The number of phenolic OH excluding ortho intramolecular Hbond substituents is 2. The number of para-hydroxylation sites is 1. The monoisotopic (exact) mass is 475 g/mol. The normalized spacial score (nSPS) is 13.3. The number of phenols is 2. The highest BCUT2D eigenvalue weighted by atomic mass is 16.5. The van der Waals surface area contributed by atoms with Gasteiger partial charge in [0.05, 0.1) is 16.8 Å². The summed E-state index contributed by atoms with van der Waals surface area (Å²) in [7, 11) is 1.67. The zero-order chi connectivity index (χ0) is 25.9. The molecule has 3 rings (SSSR count). The van der Waals surface area contributed by atoms with Crippen LogP contribution in [0.1, 0.15) is 54.8 Å². The van der Waals surface area contributed by atoms with Crippen LogP contribution < -0.4 is 4.90 Å². The first-order chi connectivity index (χ1) is 16.5. The number of anilines is 2. The summed E-state index contributed by atoms with van der Waals surface area (Å²) < 4.78 is 5.52. The van der Waals surface area contributed by atoms with Gasteiger partial charge >= 0.3 is 5.97 Å². The summed E-state index contributed by atoms with van der Waals surface area (Å²) in [4.78, 5) is 40.5. The van der Waals surface area contributed by atoms with Crippen LogP contribution in [0.2, 0.25) is 0 Å². The number of carbonyl (C=O) groups is 3. The number of nitrogens with zero attached hydrogens (tertiary/aromatic N) is 1. The SMILES string of the molecule is CC(C)=CCC(OC(=O)C=C(C)C)C1=CC(=O)c2c(O)c(N(C)c3ccccc3)cc(O)c2C1=O. The molecule has 0 bridgehead atoms. The molecule has 2 aromatic rings. The second-order valence-corrected chi connectivity index (χ2v) is 8.87. The minimum atomic E-state index is -1.04. The average Bonchev–Trinajstić information content (AvgIpc) is 2.79. The van der Waals surface area contributed by atoms with Gasteiger partial charge in [-0.05, 0) is 45.9 Å². The highest BCUT2D eigenvalue weighted by Gasteiger charge is 2.37. The molecule has 2 N–H and O–H groups in total. The number of hydrogen-bond acceptors (Lipinski definition) is 7. The lowest BCUT2D eigenvalue weighted by atomic mass is 9.84. The van der Waals surface area contributed by atoms with Crippen molar-refractivity contribution in [2.75, 3.05) is 11.9 Å². The van der Waals surface area contributed by atoms with E-state index in [0.29, 0.717) is 5.69 Å². The number of benzene rings is 2. The van der Waals surface area contributed by atoms with Crippen molar-refractivity contribution in [3.05, 3.63) is 82.5 Å². The fourth-order valence-corrected chi connectivity index (χ4v) is 3.81. The van der Waals surface area contributed by atoms with E-state index in [9.17, 15) is 24.6 Å². The Labute approximate surface area is 204 Å². The molecule has 0 amide bonds. The van der Waals surface area contributed by atoms with Crippen LogP contribution in [0.4, 0.5) is 11.4 Å². The molecule has 1 atom stereocenters. The van der Waals surface area contributed by atoms with E-state index in [4.69, 9.17) is 4.74 Å². The van der Waals surface area contributed by atoms with Crippen molar-refractivity contribution in [2.24, 2.45) is 0 Å². The third kappa shape index (κ3) is 5.51. The van der Waals surface area contributed by atoms with Crippen molar-refractivity contribution >= 4 is 28.9 Å². The van der Waals surface area contributed by atoms with E-state index in [2.05, 4.69) is 0 Å². The van der Waals surface area contributed by atoms with Crippen LogP contribution in [0.3, 0.4) is 0 Å². The molecular weight excluding hydrogens is 446 g/mol. The van der Waals surface area contributed by atoms with Gasteiger partial charge in [-0.1, -0.05) is 35.4 Å². The number of Topliss-reactive ketones (excluding diaryl/α,β-unsaturated/α-hetero) is 1. The smallest absolute Gasteiger partial charge is 0.331 e. The van der Waals surface area contributed by atoms with Crippen molar-refractivity contribution in [1.82, 2.24) is 0 Å². The Morgan fingerprint density at radius 1 is 1.03 bits per heavy atom. The predicted octanol–water partition coefficient (Wildman–Crippen LogP) is 5.41. The number of aromatic hydroxyl groups is 2. The van der Waals surface area contributed by atoms with Crippen LogP contribution >= 0.6 is 0 Å². The quantitative estimate of drug-likeness (QED) is 0.239. The summed E-state index contributed by atoms with van der Waals surface area (Å²) in [5.74, 6) is -2.85. The molecule has 7 heteroatoms. The minimum absolute atomic E-state index is 0.0608. The first-order valence-corrected chi connectivity index (χ1v) is 11.2. The van der Waals surface area contributed by atoms with Gasteiger partial charge in [-0.2, -0.15) is 0 Å². The Bertz CT molecular complexity index is 1260. The topological polar surface area (TPSA) is 104 Å². The van der Waals surface area contributed by atoms with E-state index in [0.717, 1.165) is 17.2 Å². The summed E-state index contributed by atoms with van der Waals surface area (Å²) in [5, 5.41) is 21.8. The van der Waals surface area contributed by atoms with Crippen LogP contribution in [0.5, 0.6) is 11.5 Å². The van der Waals surface area contributed by atoms with E-state index < -0.39 is 35.1 Å². The van der Waals surface area contributed by atoms with Gasteiger partial charge in [0.25, 0.3) is 0 Å². The molecule has 0 saturated heterocycles. The lowest BCUT2D eigenvalue weighted by molar-refractivity contribution is -0.141. The van der Waals surface area contributed by atoms with Crippen LogP contribution in [0, 0.1) is 0 Å². The van der Waals surface area contributed by atoms with Crippen LogP contribution in [-0.2, 0) is 9.53 Å². The molecule has 0 saturated carbocycles. The van der Waals surface area contributed by atoms with Gasteiger partial charge in [-0.3, -0.25) is 9.59 Å². The van der Waals surface area contributed by atoms with Gasteiger partial charge in [0.15, 0.2) is 17.3 Å². The van der Waals surface area contributed by atoms with Crippen molar-refractivity contribution < 1.29 is 29.3 Å². The van der Waals surface area contributed by atoms with E-state index in [1.807, 2.05) is 32.0 Å². The van der Waals surface area contributed by atoms with Gasteiger partial charge in [0, 0.05) is 36.9 Å². The Morgan fingerprint density at radius 2 is 1.69 bits per heavy atom. The Morgan fingerprint density at radius 3 is 2.29 bits per heavy atom. The Kier molecular flexibility index (Phi) is 7.59. The van der Waals surface area contributed by atoms with Crippen LogP contribution in [0.25, 0.3) is 0 Å². The highest BCUT2D eigenvalue weighted by molar-refractivity contribution is 6.27. The Hall–Kier alpha value is -4.13. The van der Waals surface area contributed by atoms with E-state index in [1.54, 1.807) is 44.0 Å². The number of carbonyl (C=O) groups excluding carboxylic acids is 3. The van der Waals surface area contributed by atoms with E-state index in [-0.39, 0.29) is 28.8 Å². The maximum absolute atomic E-state index is 13.4. The number of fused-ring (bicyclic) bond motifs is 1. The number of ketones is 2. The van der Waals surface area contributed by atoms with Crippen LogP contribution in [0.15, 0.2) is 71.3 Å². The zero-order valence-corrected chi connectivity index (χ0v) is 20.5. The van der Waals surface area contributed by atoms with Gasteiger partial charge in [-0.25, -0.2) is 4.79 Å². The molecule has 35 heavy (non-hydrogen) atoms. The first kappa shape index (κ1) is 25.5. The second kappa shape index (κ2) is 10.4. The van der Waals surface area contributed by atoms with Crippen molar-refractivity contribution in [2.45, 2.75) is 40.2 Å². The average molecular weight is 476 g/mol. The molecule has 0 aliphatic heterocycles. The van der Waals surface area contributed by atoms with Gasteiger partial charge in [0.2, 0.25) is 0 Å². The summed E-state index contributed by atoms with van der Waals surface area (Å²) in [6, 6.07) is 10.3. The summed E-state index contributed by atoms with van der Waals surface area (Å²) >= 11 is 0. The molecule has 1 unspecified atom stereocenters. The molecule has 0 aromatic heterocycles. The number of allylic oxidation sites excluding steroid dienone is 3. The number of esters is 1. The number of ether oxygens (including phenoxy) is 1. The summed E-state index contributed by atoms with van der Waals surface area (Å²) in [6.45, 7) is 7.20. The predicted molar refractivity (Wildman–Crippen MR) is 134 cm³/mol. The molecule has 0 radical (unpaired) electrons. The largest absolute Gasteiger partial charge is 0.507 e. The first-order valence-electron chi connectivity index (χ1n) is 11.2. The Balaban J connectivity index is 2.07. The molecule has 1 aliphatic rings. The van der Waals surface area contributed by atoms with Crippen molar-refractivity contribution in [1.29, 1.82) is 0 Å². The fraction of sp³-hybridized carbons (Fsp3) is 0.250.